The predicted octanol–water partition coefficient (Wildman–Crippen LogP) is 4.18. The van der Waals surface area contributed by atoms with Crippen LogP contribution in [0.1, 0.15) is 50.7 Å². The van der Waals surface area contributed by atoms with Crippen LogP contribution in [0.25, 0.3) is 0 Å². The molecule has 0 bridgehead atoms. The lowest BCUT2D eigenvalue weighted by Crippen LogP contribution is -2.38. The van der Waals surface area contributed by atoms with Crippen LogP contribution < -0.4 is 0 Å². The average molecular weight is 308 g/mol. The van der Waals surface area contributed by atoms with Crippen molar-refractivity contribution in [1.29, 1.82) is 5.26 Å². The molecule has 1 aromatic rings. The van der Waals surface area contributed by atoms with E-state index in [1.807, 2.05) is 62.1 Å². The van der Waals surface area contributed by atoms with Crippen LogP contribution in [0.4, 0.5) is 0 Å². The minimum absolute atomic E-state index is 0.140. The number of hydrogen-bond donors (Lipinski definition) is 0. The maximum atomic E-state index is 12.6. The molecular weight excluding hydrogens is 284 g/mol. The van der Waals surface area contributed by atoms with Gasteiger partial charge in [-0.05, 0) is 62.8 Å². The topological polar surface area (TPSA) is 44.1 Å². The summed E-state index contributed by atoms with van der Waals surface area (Å²) in [5, 5.41) is 8.87. The molecule has 0 saturated carbocycles. The number of carbonyl (C=O) groups is 1. The summed E-state index contributed by atoms with van der Waals surface area (Å²) < 4.78 is 0. The van der Waals surface area contributed by atoms with Gasteiger partial charge in [0.1, 0.15) is 0 Å². The molecule has 0 spiro atoms. The van der Waals surface area contributed by atoms with Crippen molar-refractivity contribution >= 4 is 5.91 Å². The average Bonchev–Trinajstić information content (AvgIpc) is 2.62. The summed E-state index contributed by atoms with van der Waals surface area (Å²) in [4.78, 5) is 14.6. The smallest absolute Gasteiger partial charge is 0.253 e. The minimum atomic E-state index is 0.140. The minimum Gasteiger partial charge on any atom is -0.339 e. The van der Waals surface area contributed by atoms with E-state index in [9.17, 15) is 4.79 Å². The number of hydrogen-bond acceptors (Lipinski definition) is 2. The van der Waals surface area contributed by atoms with E-state index in [-0.39, 0.29) is 5.91 Å². The molecule has 3 heteroatoms. The van der Waals surface area contributed by atoms with Crippen LogP contribution in [0.15, 0.2) is 47.6 Å². The SMILES string of the molecule is C/C=C(C)\C(=C/C)C(=O)N1CCC(c2ccc(C#N)cc2)CC1. The van der Waals surface area contributed by atoms with Gasteiger partial charge < -0.3 is 4.90 Å². The van der Waals surface area contributed by atoms with Crippen LogP contribution in [0.2, 0.25) is 0 Å². The predicted molar refractivity (Wildman–Crippen MR) is 92.9 cm³/mol. The highest BCUT2D eigenvalue weighted by atomic mass is 16.2. The lowest BCUT2D eigenvalue weighted by atomic mass is 9.88. The van der Waals surface area contributed by atoms with Gasteiger partial charge in [0, 0.05) is 18.7 Å². The van der Waals surface area contributed by atoms with Crippen LogP contribution in [-0.4, -0.2) is 23.9 Å². The fourth-order valence-electron chi connectivity index (χ4n) is 3.09. The van der Waals surface area contributed by atoms with E-state index in [0.717, 1.165) is 37.1 Å². The first-order valence-electron chi connectivity index (χ1n) is 8.19. The Bertz CT molecular complexity index is 654. The van der Waals surface area contributed by atoms with Crippen molar-refractivity contribution in [3.63, 3.8) is 0 Å². The number of amides is 1. The van der Waals surface area contributed by atoms with Gasteiger partial charge in [0.2, 0.25) is 0 Å². The third-order valence-corrected chi connectivity index (χ3v) is 4.67. The Morgan fingerprint density at radius 2 is 1.78 bits per heavy atom. The van der Waals surface area contributed by atoms with E-state index < -0.39 is 0 Å². The van der Waals surface area contributed by atoms with Gasteiger partial charge in [-0.15, -0.1) is 0 Å². The van der Waals surface area contributed by atoms with Crippen molar-refractivity contribution in [1.82, 2.24) is 4.90 Å². The molecule has 3 nitrogen and oxygen atoms in total. The quantitative estimate of drug-likeness (QED) is 0.621. The molecular formula is C20H24N2O. The van der Waals surface area contributed by atoms with E-state index >= 15 is 0 Å². The second-order valence-electron chi connectivity index (χ2n) is 5.97. The summed E-state index contributed by atoms with van der Waals surface area (Å²) in [6, 6.07) is 9.99. The highest BCUT2D eigenvalue weighted by Gasteiger charge is 2.25. The maximum Gasteiger partial charge on any atom is 0.253 e. The largest absolute Gasteiger partial charge is 0.339 e. The van der Waals surface area contributed by atoms with Crippen molar-refractivity contribution in [3.05, 3.63) is 58.7 Å². The van der Waals surface area contributed by atoms with Gasteiger partial charge in [-0.25, -0.2) is 0 Å². The molecule has 1 saturated heterocycles. The van der Waals surface area contributed by atoms with Gasteiger partial charge in [-0.1, -0.05) is 24.3 Å². The number of allylic oxidation sites excluding steroid dienone is 2. The van der Waals surface area contributed by atoms with Gasteiger partial charge in [0.25, 0.3) is 5.91 Å². The Balaban J connectivity index is 2.00. The fraction of sp³-hybridized carbons (Fsp3) is 0.400. The first kappa shape index (κ1) is 17.0. The number of carbonyl (C=O) groups excluding carboxylic acids is 1. The zero-order valence-corrected chi connectivity index (χ0v) is 14.2. The molecule has 1 heterocycles. The lowest BCUT2D eigenvalue weighted by Gasteiger charge is -2.33. The summed E-state index contributed by atoms with van der Waals surface area (Å²) in [5.41, 5.74) is 3.81. The second-order valence-corrected chi connectivity index (χ2v) is 5.97. The van der Waals surface area contributed by atoms with E-state index in [1.54, 1.807) is 0 Å². The molecule has 1 aliphatic heterocycles. The molecule has 1 aliphatic rings. The molecule has 0 atom stereocenters. The van der Waals surface area contributed by atoms with Gasteiger partial charge >= 0.3 is 0 Å². The molecule has 1 amide bonds. The lowest BCUT2D eigenvalue weighted by molar-refractivity contribution is -0.127. The van der Waals surface area contributed by atoms with Crippen molar-refractivity contribution in [2.24, 2.45) is 0 Å². The zero-order chi connectivity index (χ0) is 16.8. The molecule has 2 rings (SSSR count). The number of nitrogens with zero attached hydrogens (tertiary/aromatic N) is 2. The number of benzene rings is 1. The molecule has 1 aromatic carbocycles. The van der Waals surface area contributed by atoms with Crippen LogP contribution in [0.3, 0.4) is 0 Å². The van der Waals surface area contributed by atoms with Crippen LogP contribution in [0, 0.1) is 11.3 Å². The van der Waals surface area contributed by atoms with E-state index in [1.165, 1.54) is 5.56 Å². The molecule has 0 aromatic heterocycles. The molecule has 120 valence electrons. The van der Waals surface area contributed by atoms with Crippen molar-refractivity contribution in [3.8, 4) is 6.07 Å². The summed E-state index contributed by atoms with van der Waals surface area (Å²) in [5.74, 6) is 0.616. The Morgan fingerprint density at radius 3 is 2.26 bits per heavy atom. The summed E-state index contributed by atoms with van der Waals surface area (Å²) in [7, 11) is 0. The second kappa shape index (κ2) is 7.78. The molecule has 0 unspecified atom stereocenters. The first-order valence-corrected chi connectivity index (χ1v) is 8.19. The fourth-order valence-corrected chi connectivity index (χ4v) is 3.09. The van der Waals surface area contributed by atoms with E-state index in [4.69, 9.17) is 5.26 Å². The molecule has 1 fully saturated rings. The third-order valence-electron chi connectivity index (χ3n) is 4.67. The Morgan fingerprint density at radius 1 is 1.17 bits per heavy atom. The summed E-state index contributed by atoms with van der Waals surface area (Å²) in [6.07, 6.45) is 5.84. The molecule has 0 aliphatic carbocycles. The monoisotopic (exact) mass is 308 g/mol. The van der Waals surface area contributed by atoms with Crippen LogP contribution in [0.5, 0.6) is 0 Å². The van der Waals surface area contributed by atoms with E-state index in [2.05, 4.69) is 6.07 Å². The van der Waals surface area contributed by atoms with Crippen LogP contribution >= 0.6 is 0 Å². The van der Waals surface area contributed by atoms with E-state index in [0.29, 0.717) is 11.5 Å². The molecule has 0 radical (unpaired) electrons. The zero-order valence-electron chi connectivity index (χ0n) is 14.2. The van der Waals surface area contributed by atoms with Gasteiger partial charge in [0.15, 0.2) is 0 Å². The Kier molecular flexibility index (Phi) is 5.76. The van der Waals surface area contributed by atoms with Gasteiger partial charge in [0.05, 0.1) is 11.6 Å². The number of nitriles is 1. The number of likely N-dealkylation sites (tertiary alicyclic amines) is 1. The Hall–Kier alpha value is -2.34. The molecule has 23 heavy (non-hydrogen) atoms. The first-order chi connectivity index (χ1) is 11.1. The summed E-state index contributed by atoms with van der Waals surface area (Å²) >= 11 is 0. The number of piperidine rings is 1. The normalized spacial score (nSPS) is 17.0. The van der Waals surface area contributed by atoms with Crippen LogP contribution in [-0.2, 0) is 4.79 Å². The Labute approximate surface area is 138 Å². The number of rotatable bonds is 3. The van der Waals surface area contributed by atoms with Crippen molar-refractivity contribution in [2.75, 3.05) is 13.1 Å². The maximum absolute atomic E-state index is 12.6. The van der Waals surface area contributed by atoms with Gasteiger partial charge in [-0.3, -0.25) is 4.79 Å². The standard InChI is InChI=1S/C20H24N2O/c1-4-15(3)19(5-2)20(23)22-12-10-18(11-13-22)17-8-6-16(14-21)7-9-17/h4-9,18H,10-13H2,1-3H3/b15-4-,19-5+. The highest BCUT2D eigenvalue weighted by Crippen LogP contribution is 2.29. The van der Waals surface area contributed by atoms with Crippen molar-refractivity contribution in [2.45, 2.75) is 39.5 Å². The summed E-state index contributed by atoms with van der Waals surface area (Å²) in [6.45, 7) is 7.44. The molecule has 0 N–H and O–H groups in total. The van der Waals surface area contributed by atoms with Crippen molar-refractivity contribution < 1.29 is 4.79 Å². The highest BCUT2D eigenvalue weighted by molar-refractivity contribution is 5.97. The van der Waals surface area contributed by atoms with Gasteiger partial charge in [-0.2, -0.15) is 5.26 Å². The third kappa shape index (κ3) is 3.90.